The van der Waals surface area contributed by atoms with Gasteiger partial charge in [-0.05, 0) is 6.92 Å². The van der Waals surface area contributed by atoms with E-state index in [1.54, 1.807) is 0 Å². The fourth-order valence-corrected chi connectivity index (χ4v) is 2.65. The summed E-state index contributed by atoms with van der Waals surface area (Å²) in [5.41, 5.74) is 5.94. The van der Waals surface area contributed by atoms with E-state index < -0.39 is 66.4 Å². The third-order valence-electron chi connectivity index (χ3n) is 4.20. The Bertz CT molecular complexity index is 818. The Morgan fingerprint density at radius 2 is 1.72 bits per heavy atom. The number of aromatic nitrogens is 2. The first-order chi connectivity index (χ1) is 15.0. The Morgan fingerprint density at radius 3 is 2.19 bits per heavy atom. The molecule has 1 aromatic rings. The van der Waals surface area contributed by atoms with Crippen molar-refractivity contribution in [1.29, 1.82) is 0 Å². The molecule has 0 saturated carbocycles. The fraction of sp³-hybridized carbons (Fsp3) is 0.529. The van der Waals surface area contributed by atoms with Gasteiger partial charge in [0.2, 0.25) is 17.7 Å². The molecule has 0 aliphatic heterocycles. The van der Waals surface area contributed by atoms with Gasteiger partial charge in [0, 0.05) is 24.1 Å². The number of rotatable bonds is 13. The number of nitrogens with one attached hydrogen (secondary N) is 4. The number of carboxylic acids is 2. The average molecular weight is 474 g/mol. The molecule has 1 heterocycles. The zero-order valence-corrected chi connectivity index (χ0v) is 17.9. The van der Waals surface area contributed by atoms with Gasteiger partial charge in [0.1, 0.15) is 18.1 Å². The molecule has 0 bridgehead atoms. The maximum Gasteiger partial charge on any atom is 0.326 e. The van der Waals surface area contributed by atoms with Crippen LogP contribution >= 0.6 is 12.6 Å². The SMILES string of the molecule is CC(O)C(NC(=O)C(N)CS)C(=O)NC(Cc1cnc[nH]1)C(=O)NC(CC(=O)O)C(=O)O. The monoisotopic (exact) mass is 474 g/mol. The van der Waals surface area contributed by atoms with E-state index in [4.69, 9.17) is 15.9 Å². The number of hydrogen-bond acceptors (Lipinski definition) is 9. The number of nitrogens with two attached hydrogens (primary N) is 1. The van der Waals surface area contributed by atoms with Crippen molar-refractivity contribution in [1.82, 2.24) is 25.9 Å². The number of hydrogen-bond donors (Lipinski definition) is 9. The number of imidazole rings is 1. The van der Waals surface area contributed by atoms with E-state index in [-0.39, 0.29) is 12.2 Å². The van der Waals surface area contributed by atoms with Crippen LogP contribution in [0.3, 0.4) is 0 Å². The summed E-state index contributed by atoms with van der Waals surface area (Å²) in [4.78, 5) is 66.0. The van der Waals surface area contributed by atoms with Crippen molar-refractivity contribution < 1.29 is 39.3 Å². The molecule has 5 unspecified atom stereocenters. The lowest BCUT2D eigenvalue weighted by molar-refractivity contribution is -0.147. The fourth-order valence-electron chi connectivity index (χ4n) is 2.48. The average Bonchev–Trinajstić information content (AvgIpc) is 3.22. The lowest BCUT2D eigenvalue weighted by Crippen LogP contribution is -2.60. The van der Waals surface area contributed by atoms with Crippen LogP contribution in [0.2, 0.25) is 0 Å². The number of aliphatic hydroxyl groups is 1. The minimum Gasteiger partial charge on any atom is -0.481 e. The van der Waals surface area contributed by atoms with Crippen molar-refractivity contribution in [3.8, 4) is 0 Å². The minimum atomic E-state index is -1.75. The van der Waals surface area contributed by atoms with E-state index in [0.29, 0.717) is 5.69 Å². The number of nitrogens with zero attached hydrogens (tertiary/aromatic N) is 1. The molecule has 5 atom stereocenters. The zero-order chi connectivity index (χ0) is 24.4. The number of carbonyl (C=O) groups is 5. The van der Waals surface area contributed by atoms with Gasteiger partial charge in [0.05, 0.1) is 24.9 Å². The van der Waals surface area contributed by atoms with Crippen LogP contribution in [0.5, 0.6) is 0 Å². The van der Waals surface area contributed by atoms with E-state index in [0.717, 1.165) is 0 Å². The summed E-state index contributed by atoms with van der Waals surface area (Å²) in [7, 11) is 0. The van der Waals surface area contributed by atoms with Gasteiger partial charge in [-0.15, -0.1) is 0 Å². The number of aliphatic hydroxyl groups excluding tert-OH is 1. The molecular formula is C17H26N6O8S. The van der Waals surface area contributed by atoms with Gasteiger partial charge in [-0.25, -0.2) is 9.78 Å². The van der Waals surface area contributed by atoms with E-state index in [1.165, 1.54) is 19.4 Å². The molecule has 0 aliphatic rings. The van der Waals surface area contributed by atoms with Crippen LogP contribution in [-0.2, 0) is 30.4 Å². The molecule has 32 heavy (non-hydrogen) atoms. The molecule has 0 saturated heterocycles. The number of aromatic amines is 1. The first-order valence-corrected chi connectivity index (χ1v) is 9.97. The predicted octanol–water partition coefficient (Wildman–Crippen LogP) is -3.40. The highest BCUT2D eigenvalue weighted by atomic mass is 32.1. The Hall–Kier alpha value is -3.17. The van der Waals surface area contributed by atoms with Gasteiger partial charge < -0.3 is 42.0 Å². The van der Waals surface area contributed by atoms with Crippen molar-refractivity contribution >= 4 is 42.3 Å². The summed E-state index contributed by atoms with van der Waals surface area (Å²) in [6.07, 6.45) is 0.236. The molecular weight excluding hydrogens is 448 g/mol. The molecule has 14 nitrogen and oxygen atoms in total. The quantitative estimate of drug-likeness (QED) is 0.128. The molecule has 3 amide bonds. The molecule has 0 aliphatic carbocycles. The lowest BCUT2D eigenvalue weighted by atomic mass is 10.1. The van der Waals surface area contributed by atoms with Gasteiger partial charge in [-0.3, -0.25) is 19.2 Å². The van der Waals surface area contributed by atoms with Crippen molar-refractivity contribution in [2.24, 2.45) is 5.73 Å². The smallest absolute Gasteiger partial charge is 0.326 e. The van der Waals surface area contributed by atoms with Crippen LogP contribution in [0.25, 0.3) is 0 Å². The topological polar surface area (TPSA) is 237 Å². The molecule has 0 radical (unpaired) electrons. The number of H-pyrrole nitrogens is 1. The number of amides is 3. The van der Waals surface area contributed by atoms with Crippen LogP contribution in [0, 0.1) is 0 Å². The van der Waals surface area contributed by atoms with Crippen molar-refractivity contribution in [2.75, 3.05) is 5.75 Å². The first-order valence-electron chi connectivity index (χ1n) is 9.33. The third-order valence-corrected chi connectivity index (χ3v) is 4.59. The molecule has 178 valence electrons. The van der Waals surface area contributed by atoms with Gasteiger partial charge in [0.25, 0.3) is 0 Å². The number of carboxylic acid groups (broad SMARTS) is 2. The Morgan fingerprint density at radius 1 is 1.09 bits per heavy atom. The van der Waals surface area contributed by atoms with Gasteiger partial charge in [-0.2, -0.15) is 12.6 Å². The second-order valence-electron chi connectivity index (χ2n) is 6.86. The molecule has 0 spiro atoms. The van der Waals surface area contributed by atoms with Crippen molar-refractivity contribution in [3.05, 3.63) is 18.2 Å². The summed E-state index contributed by atoms with van der Waals surface area (Å²) < 4.78 is 0. The molecule has 0 fully saturated rings. The highest BCUT2D eigenvalue weighted by Gasteiger charge is 2.33. The Balaban J connectivity index is 3.04. The number of carbonyl (C=O) groups excluding carboxylic acids is 3. The van der Waals surface area contributed by atoms with Crippen LogP contribution in [0.15, 0.2) is 12.5 Å². The van der Waals surface area contributed by atoms with Crippen molar-refractivity contribution in [3.63, 3.8) is 0 Å². The van der Waals surface area contributed by atoms with E-state index >= 15 is 0 Å². The summed E-state index contributed by atoms with van der Waals surface area (Å²) in [5, 5.41) is 34.5. The maximum absolute atomic E-state index is 12.7. The Kier molecular flexibility index (Phi) is 10.6. The third kappa shape index (κ3) is 8.52. The predicted molar refractivity (Wildman–Crippen MR) is 111 cm³/mol. The van der Waals surface area contributed by atoms with Crippen molar-refractivity contribution in [2.45, 2.75) is 50.0 Å². The number of thiol groups is 1. The first kappa shape index (κ1) is 26.9. The molecule has 9 N–H and O–H groups in total. The summed E-state index contributed by atoms with van der Waals surface area (Å²) in [5.74, 6) is -5.77. The van der Waals surface area contributed by atoms with Gasteiger partial charge in [0.15, 0.2) is 0 Å². The zero-order valence-electron chi connectivity index (χ0n) is 17.0. The lowest BCUT2D eigenvalue weighted by Gasteiger charge is -2.26. The summed E-state index contributed by atoms with van der Waals surface area (Å²) in [6.45, 7) is 1.23. The molecule has 1 aromatic heterocycles. The number of aliphatic carboxylic acids is 2. The normalized spacial score (nSPS) is 15.5. The highest BCUT2D eigenvalue weighted by Crippen LogP contribution is 2.04. The molecule has 15 heteroatoms. The summed E-state index contributed by atoms with van der Waals surface area (Å²) >= 11 is 3.88. The van der Waals surface area contributed by atoms with E-state index in [1.807, 2.05) is 0 Å². The van der Waals surface area contributed by atoms with Crippen LogP contribution in [-0.4, -0.2) is 91.0 Å². The second-order valence-corrected chi connectivity index (χ2v) is 7.22. The van der Waals surface area contributed by atoms with E-state index in [9.17, 15) is 29.1 Å². The summed E-state index contributed by atoms with van der Waals surface area (Å²) in [6, 6.07) is -5.68. The molecule has 0 aromatic carbocycles. The highest BCUT2D eigenvalue weighted by molar-refractivity contribution is 7.80. The van der Waals surface area contributed by atoms with Crippen LogP contribution < -0.4 is 21.7 Å². The maximum atomic E-state index is 12.7. The van der Waals surface area contributed by atoms with Crippen LogP contribution in [0.1, 0.15) is 19.0 Å². The molecule has 1 rings (SSSR count). The minimum absolute atomic E-state index is 0.0228. The standard InChI is InChI=1S/C17H26N6O8S/c1-7(24)13(23-14(27)9(18)5-32)16(29)21-10(2-8-4-19-6-20-8)15(28)22-11(17(30)31)3-12(25)26/h4,6-7,9-11,13,24,32H,2-3,5,18H2,1H3,(H,19,20)(H,21,29)(H,22,28)(H,23,27)(H,25,26)(H,30,31). The van der Waals surface area contributed by atoms with E-state index in [2.05, 4.69) is 38.5 Å². The van der Waals surface area contributed by atoms with Crippen LogP contribution in [0.4, 0.5) is 0 Å². The largest absolute Gasteiger partial charge is 0.481 e. The van der Waals surface area contributed by atoms with Gasteiger partial charge in [-0.1, -0.05) is 0 Å². The second kappa shape index (κ2) is 12.6. The van der Waals surface area contributed by atoms with Gasteiger partial charge >= 0.3 is 11.9 Å². The Labute approximate surface area is 187 Å².